The van der Waals surface area contributed by atoms with Crippen LogP contribution in [-0.2, 0) is 13.0 Å². The van der Waals surface area contributed by atoms with Gasteiger partial charge in [-0.1, -0.05) is 31.2 Å². The highest BCUT2D eigenvalue weighted by molar-refractivity contribution is 9.10. The monoisotopic (exact) mass is 333 g/mol. The summed E-state index contributed by atoms with van der Waals surface area (Å²) < 4.78 is 6.24. The summed E-state index contributed by atoms with van der Waals surface area (Å²) in [7, 11) is 1.68. The lowest BCUT2D eigenvalue weighted by molar-refractivity contribution is 0.412. The Balaban J connectivity index is 2.15. The van der Waals surface area contributed by atoms with Gasteiger partial charge < -0.3 is 10.1 Å². The number of aryl methyl sites for hydroxylation is 2. The second kappa shape index (κ2) is 6.80. The molecule has 3 heteroatoms. The van der Waals surface area contributed by atoms with Crippen LogP contribution in [0.4, 0.5) is 5.69 Å². The molecular weight excluding hydrogens is 314 g/mol. The molecule has 0 bridgehead atoms. The number of hydrogen-bond donors (Lipinski definition) is 1. The molecule has 0 saturated heterocycles. The van der Waals surface area contributed by atoms with Crippen LogP contribution in [0.1, 0.15) is 23.6 Å². The number of ether oxygens (including phenoxy) is 1. The van der Waals surface area contributed by atoms with E-state index in [1.165, 1.54) is 22.4 Å². The van der Waals surface area contributed by atoms with Crippen LogP contribution in [0.25, 0.3) is 0 Å². The summed E-state index contributed by atoms with van der Waals surface area (Å²) in [6.07, 6.45) is 1.04. The van der Waals surface area contributed by atoms with Crippen molar-refractivity contribution in [3.63, 3.8) is 0 Å². The zero-order valence-electron chi connectivity index (χ0n) is 12.2. The molecule has 2 rings (SSSR count). The van der Waals surface area contributed by atoms with Crippen molar-refractivity contribution >= 4 is 21.6 Å². The van der Waals surface area contributed by atoms with Crippen molar-refractivity contribution in [2.45, 2.75) is 26.8 Å². The van der Waals surface area contributed by atoms with Crippen molar-refractivity contribution in [2.75, 3.05) is 12.4 Å². The Kier molecular flexibility index (Phi) is 5.07. The Bertz CT molecular complexity index is 596. The predicted molar refractivity (Wildman–Crippen MR) is 88.6 cm³/mol. The Hall–Kier alpha value is -1.48. The molecule has 2 aromatic carbocycles. The van der Waals surface area contributed by atoms with E-state index >= 15 is 0 Å². The highest BCUT2D eigenvalue weighted by Crippen LogP contribution is 2.27. The Labute approximate surface area is 129 Å². The fraction of sp³-hybridized carbons (Fsp3) is 0.294. The number of hydrogen-bond acceptors (Lipinski definition) is 2. The second-order valence-electron chi connectivity index (χ2n) is 4.79. The van der Waals surface area contributed by atoms with Gasteiger partial charge in [-0.15, -0.1) is 0 Å². The molecule has 2 nitrogen and oxygen atoms in total. The van der Waals surface area contributed by atoms with E-state index in [9.17, 15) is 0 Å². The molecule has 20 heavy (non-hydrogen) atoms. The van der Waals surface area contributed by atoms with Gasteiger partial charge in [0.15, 0.2) is 0 Å². The van der Waals surface area contributed by atoms with E-state index in [1.807, 2.05) is 6.07 Å². The van der Waals surface area contributed by atoms with Crippen molar-refractivity contribution in [1.29, 1.82) is 0 Å². The first kappa shape index (κ1) is 14.9. The van der Waals surface area contributed by atoms with E-state index in [4.69, 9.17) is 4.74 Å². The average molecular weight is 334 g/mol. The summed E-state index contributed by atoms with van der Waals surface area (Å²) in [4.78, 5) is 0. The van der Waals surface area contributed by atoms with Crippen LogP contribution in [0.15, 0.2) is 40.9 Å². The molecule has 0 spiro atoms. The second-order valence-corrected chi connectivity index (χ2v) is 5.64. The first-order valence-corrected chi connectivity index (χ1v) is 7.59. The maximum absolute atomic E-state index is 5.25. The summed E-state index contributed by atoms with van der Waals surface area (Å²) in [5.74, 6) is 0.860. The van der Waals surface area contributed by atoms with E-state index < -0.39 is 0 Å². The lowest BCUT2D eigenvalue weighted by atomic mass is 10.1. The van der Waals surface area contributed by atoms with Gasteiger partial charge in [0.2, 0.25) is 0 Å². The van der Waals surface area contributed by atoms with Gasteiger partial charge in [0.05, 0.1) is 11.6 Å². The van der Waals surface area contributed by atoms with E-state index in [2.05, 4.69) is 65.4 Å². The number of anilines is 1. The van der Waals surface area contributed by atoms with Crippen molar-refractivity contribution in [3.05, 3.63) is 57.6 Å². The van der Waals surface area contributed by atoms with E-state index in [-0.39, 0.29) is 0 Å². The highest BCUT2D eigenvalue weighted by Gasteiger charge is 2.05. The third kappa shape index (κ3) is 3.34. The minimum atomic E-state index is 0.806. The van der Waals surface area contributed by atoms with Crippen LogP contribution in [0.5, 0.6) is 5.75 Å². The lowest BCUT2D eigenvalue weighted by Crippen LogP contribution is -2.04. The molecule has 0 amide bonds. The van der Waals surface area contributed by atoms with Crippen LogP contribution in [0.3, 0.4) is 0 Å². The number of benzene rings is 2. The van der Waals surface area contributed by atoms with Gasteiger partial charge in [0.1, 0.15) is 5.75 Å². The fourth-order valence-corrected chi connectivity index (χ4v) is 2.87. The summed E-state index contributed by atoms with van der Waals surface area (Å²) in [6.45, 7) is 5.13. The lowest BCUT2D eigenvalue weighted by Gasteiger charge is -2.14. The summed E-state index contributed by atoms with van der Waals surface area (Å²) in [5.41, 5.74) is 5.12. The third-order valence-electron chi connectivity index (χ3n) is 3.43. The summed E-state index contributed by atoms with van der Waals surface area (Å²) in [6, 6.07) is 12.6. The molecule has 0 aliphatic heterocycles. The minimum absolute atomic E-state index is 0.806. The standard InChI is InChI=1S/C17H20BrNO/c1-4-14-7-5-6-12(2)17(14)19-11-13-8-9-16(20-3)15(18)10-13/h5-10,19H,4,11H2,1-3H3. The van der Waals surface area contributed by atoms with E-state index in [0.29, 0.717) is 0 Å². The first-order valence-electron chi connectivity index (χ1n) is 6.80. The van der Waals surface area contributed by atoms with Gasteiger partial charge in [-0.05, 0) is 58.1 Å². The molecule has 0 fully saturated rings. The molecule has 0 aromatic heterocycles. The summed E-state index contributed by atoms with van der Waals surface area (Å²) >= 11 is 3.52. The molecule has 0 atom stereocenters. The number of halogens is 1. The zero-order chi connectivity index (χ0) is 14.5. The maximum Gasteiger partial charge on any atom is 0.133 e. The predicted octanol–water partition coefficient (Wildman–Crippen LogP) is 4.94. The smallest absolute Gasteiger partial charge is 0.133 e. The van der Waals surface area contributed by atoms with Crippen LogP contribution in [0.2, 0.25) is 0 Å². The van der Waals surface area contributed by atoms with Crippen LogP contribution in [0, 0.1) is 6.92 Å². The van der Waals surface area contributed by atoms with Gasteiger partial charge in [-0.2, -0.15) is 0 Å². The molecular formula is C17H20BrNO. The fourth-order valence-electron chi connectivity index (χ4n) is 2.29. The number of methoxy groups -OCH3 is 1. The van der Waals surface area contributed by atoms with Crippen LogP contribution in [-0.4, -0.2) is 7.11 Å². The van der Waals surface area contributed by atoms with E-state index in [1.54, 1.807) is 7.11 Å². The van der Waals surface area contributed by atoms with Crippen LogP contribution < -0.4 is 10.1 Å². The van der Waals surface area contributed by atoms with Gasteiger partial charge in [0.25, 0.3) is 0 Å². The number of para-hydroxylation sites is 1. The first-order chi connectivity index (χ1) is 9.65. The van der Waals surface area contributed by atoms with Crippen molar-refractivity contribution < 1.29 is 4.74 Å². The minimum Gasteiger partial charge on any atom is -0.496 e. The van der Waals surface area contributed by atoms with Crippen molar-refractivity contribution in [3.8, 4) is 5.75 Å². The topological polar surface area (TPSA) is 21.3 Å². The molecule has 0 aliphatic carbocycles. The van der Waals surface area contributed by atoms with Gasteiger partial charge in [-0.25, -0.2) is 0 Å². The molecule has 0 saturated carbocycles. The average Bonchev–Trinajstić information content (AvgIpc) is 2.46. The zero-order valence-corrected chi connectivity index (χ0v) is 13.8. The van der Waals surface area contributed by atoms with Crippen LogP contribution >= 0.6 is 15.9 Å². The SMILES string of the molecule is CCc1cccc(C)c1NCc1ccc(OC)c(Br)c1. The van der Waals surface area contributed by atoms with Gasteiger partial charge in [-0.3, -0.25) is 0 Å². The molecule has 2 aromatic rings. The van der Waals surface area contributed by atoms with Crippen molar-refractivity contribution in [2.24, 2.45) is 0 Å². The molecule has 0 aliphatic rings. The highest BCUT2D eigenvalue weighted by atomic mass is 79.9. The molecule has 0 radical (unpaired) electrons. The van der Waals surface area contributed by atoms with E-state index in [0.717, 1.165) is 23.2 Å². The third-order valence-corrected chi connectivity index (χ3v) is 4.05. The molecule has 0 unspecified atom stereocenters. The van der Waals surface area contributed by atoms with Crippen molar-refractivity contribution in [1.82, 2.24) is 0 Å². The van der Waals surface area contributed by atoms with Gasteiger partial charge >= 0.3 is 0 Å². The van der Waals surface area contributed by atoms with Gasteiger partial charge in [0, 0.05) is 12.2 Å². The number of rotatable bonds is 5. The Morgan fingerprint density at radius 3 is 2.65 bits per heavy atom. The largest absolute Gasteiger partial charge is 0.496 e. The summed E-state index contributed by atoms with van der Waals surface area (Å²) in [5, 5.41) is 3.55. The normalized spacial score (nSPS) is 10.4. The Morgan fingerprint density at radius 2 is 2.00 bits per heavy atom. The quantitative estimate of drug-likeness (QED) is 0.836. The molecule has 106 valence electrons. The maximum atomic E-state index is 5.25. The number of nitrogens with one attached hydrogen (secondary N) is 1. The Morgan fingerprint density at radius 1 is 1.20 bits per heavy atom. The molecule has 1 N–H and O–H groups in total. The molecule has 0 heterocycles.